The van der Waals surface area contributed by atoms with E-state index in [1.54, 1.807) is 13.0 Å². The number of aliphatic hydroxyl groups excluding tert-OH is 1. The molecule has 0 atom stereocenters. The minimum Gasteiger partial charge on any atom is -0.390 e. The molecule has 16 heavy (non-hydrogen) atoms. The molecule has 0 spiro atoms. The zero-order chi connectivity index (χ0) is 12.2. The van der Waals surface area contributed by atoms with Gasteiger partial charge in [-0.05, 0) is 30.2 Å². The minimum atomic E-state index is -3.12. The van der Waals surface area contributed by atoms with Gasteiger partial charge >= 0.3 is 0 Å². The largest absolute Gasteiger partial charge is 0.390 e. The van der Waals surface area contributed by atoms with Crippen molar-refractivity contribution in [3.63, 3.8) is 0 Å². The second-order valence-corrected chi connectivity index (χ2v) is 3.69. The molecule has 0 saturated heterocycles. The molecule has 5 heteroatoms. The Bertz CT molecular complexity index is 355. The van der Waals surface area contributed by atoms with Crippen LogP contribution in [0.3, 0.4) is 0 Å². The van der Waals surface area contributed by atoms with E-state index in [2.05, 4.69) is 5.32 Å². The number of aryl methyl sites for hydroxylation is 1. The highest BCUT2D eigenvalue weighted by Crippen LogP contribution is 2.12. The van der Waals surface area contributed by atoms with Crippen LogP contribution >= 0.6 is 0 Å². The summed E-state index contributed by atoms with van der Waals surface area (Å²) in [5.74, 6) is -3.46. The molecular formula is C11H14F3NO. The van der Waals surface area contributed by atoms with E-state index in [1.807, 2.05) is 0 Å². The normalized spacial score (nSPS) is 11.8. The average Bonchev–Trinajstić information content (AvgIpc) is 2.21. The van der Waals surface area contributed by atoms with Crippen molar-refractivity contribution in [2.75, 3.05) is 13.2 Å². The van der Waals surface area contributed by atoms with Crippen LogP contribution in [0.1, 0.15) is 11.1 Å². The first kappa shape index (κ1) is 13.0. The number of hydrogen-bond donors (Lipinski definition) is 2. The number of nitrogens with one attached hydrogen (secondary N) is 1. The lowest BCUT2D eigenvalue weighted by atomic mass is 10.1. The summed E-state index contributed by atoms with van der Waals surface area (Å²) in [6.45, 7) is 0.161. The van der Waals surface area contributed by atoms with Crippen LogP contribution in [0.25, 0.3) is 0 Å². The Balaban J connectivity index is 2.49. The number of halogens is 3. The van der Waals surface area contributed by atoms with Gasteiger partial charge < -0.3 is 10.4 Å². The molecule has 0 radical (unpaired) electrons. The van der Waals surface area contributed by atoms with E-state index in [9.17, 15) is 13.2 Å². The van der Waals surface area contributed by atoms with E-state index in [1.165, 1.54) is 12.1 Å². The third-order valence-corrected chi connectivity index (χ3v) is 2.24. The van der Waals surface area contributed by atoms with Gasteiger partial charge in [-0.25, -0.2) is 13.2 Å². The molecule has 2 nitrogen and oxygen atoms in total. The van der Waals surface area contributed by atoms with Crippen molar-refractivity contribution in [2.24, 2.45) is 0 Å². The predicted octanol–water partition coefficient (Wildman–Crippen LogP) is 1.85. The van der Waals surface area contributed by atoms with Gasteiger partial charge in [-0.2, -0.15) is 0 Å². The molecule has 0 aliphatic heterocycles. The number of rotatable bonds is 5. The molecule has 0 aliphatic rings. The second-order valence-electron chi connectivity index (χ2n) is 3.69. The fourth-order valence-corrected chi connectivity index (χ4v) is 1.29. The van der Waals surface area contributed by atoms with Crippen molar-refractivity contribution in [1.82, 2.24) is 5.32 Å². The Kier molecular flexibility index (Phi) is 4.32. The van der Waals surface area contributed by atoms with Crippen LogP contribution in [0.5, 0.6) is 0 Å². The highest BCUT2D eigenvalue weighted by atomic mass is 19.3. The lowest BCUT2D eigenvalue weighted by Crippen LogP contribution is -2.35. The number of aliphatic hydroxyl groups is 1. The van der Waals surface area contributed by atoms with Crippen molar-refractivity contribution < 1.29 is 18.3 Å². The maximum absolute atomic E-state index is 12.7. The lowest BCUT2D eigenvalue weighted by Gasteiger charge is -2.14. The number of alkyl halides is 2. The Morgan fingerprint density at radius 2 is 2.06 bits per heavy atom. The summed E-state index contributed by atoms with van der Waals surface area (Å²) < 4.78 is 38.0. The lowest BCUT2D eigenvalue weighted by molar-refractivity contribution is -0.0477. The van der Waals surface area contributed by atoms with Crippen LogP contribution in [0.2, 0.25) is 0 Å². The Morgan fingerprint density at radius 1 is 1.38 bits per heavy atom. The molecule has 1 rings (SSSR count). The van der Waals surface area contributed by atoms with Gasteiger partial charge in [0.2, 0.25) is 0 Å². The summed E-state index contributed by atoms with van der Waals surface area (Å²) >= 11 is 0. The van der Waals surface area contributed by atoms with Gasteiger partial charge in [-0.15, -0.1) is 0 Å². The highest BCUT2D eigenvalue weighted by Gasteiger charge is 2.26. The van der Waals surface area contributed by atoms with Crippen molar-refractivity contribution in [2.45, 2.75) is 19.4 Å². The molecule has 0 fully saturated rings. The SMILES string of the molecule is Cc1cc(F)ccc1CNCC(F)(F)CO. The van der Waals surface area contributed by atoms with Gasteiger partial charge in [-0.3, -0.25) is 0 Å². The summed E-state index contributed by atoms with van der Waals surface area (Å²) in [5.41, 5.74) is 1.47. The highest BCUT2D eigenvalue weighted by molar-refractivity contribution is 5.26. The van der Waals surface area contributed by atoms with Gasteiger partial charge in [0.15, 0.2) is 0 Å². The van der Waals surface area contributed by atoms with Crippen molar-refractivity contribution in [1.29, 1.82) is 0 Å². The molecule has 0 saturated carbocycles. The van der Waals surface area contributed by atoms with Gasteiger partial charge in [0, 0.05) is 6.54 Å². The minimum absolute atomic E-state index is 0.224. The molecule has 0 bridgehead atoms. The molecule has 90 valence electrons. The van der Waals surface area contributed by atoms with E-state index in [4.69, 9.17) is 5.11 Å². The van der Waals surface area contributed by atoms with Crippen LogP contribution in [0.15, 0.2) is 18.2 Å². The summed E-state index contributed by atoms with van der Waals surface area (Å²) in [5, 5.41) is 10.9. The van der Waals surface area contributed by atoms with Crippen LogP contribution in [-0.4, -0.2) is 24.2 Å². The van der Waals surface area contributed by atoms with E-state index in [0.29, 0.717) is 5.56 Å². The Hall–Kier alpha value is -1.07. The quantitative estimate of drug-likeness (QED) is 0.813. The third kappa shape index (κ3) is 3.83. The average molecular weight is 233 g/mol. The second kappa shape index (κ2) is 5.32. The predicted molar refractivity (Wildman–Crippen MR) is 54.9 cm³/mol. The maximum atomic E-state index is 12.7. The fourth-order valence-electron chi connectivity index (χ4n) is 1.29. The van der Waals surface area contributed by atoms with E-state index in [0.717, 1.165) is 5.56 Å². The molecule has 0 heterocycles. The monoisotopic (exact) mass is 233 g/mol. The number of hydrogen-bond acceptors (Lipinski definition) is 2. The van der Waals surface area contributed by atoms with Crippen molar-refractivity contribution >= 4 is 0 Å². The smallest absolute Gasteiger partial charge is 0.282 e. The molecule has 1 aromatic rings. The van der Waals surface area contributed by atoms with Gasteiger partial charge in [-0.1, -0.05) is 6.07 Å². The maximum Gasteiger partial charge on any atom is 0.282 e. The first-order chi connectivity index (χ1) is 7.44. The van der Waals surface area contributed by atoms with Crippen molar-refractivity contribution in [3.05, 3.63) is 35.1 Å². The summed E-state index contributed by atoms with van der Waals surface area (Å²) in [6.07, 6.45) is 0. The Morgan fingerprint density at radius 3 is 2.62 bits per heavy atom. The van der Waals surface area contributed by atoms with Gasteiger partial charge in [0.1, 0.15) is 12.4 Å². The van der Waals surface area contributed by atoms with Gasteiger partial charge in [0.05, 0.1) is 6.54 Å². The first-order valence-electron chi connectivity index (χ1n) is 4.89. The molecule has 0 aliphatic carbocycles. The standard InChI is InChI=1S/C11H14F3NO/c1-8-4-10(12)3-2-9(8)5-15-6-11(13,14)7-16/h2-4,15-16H,5-7H2,1H3. The molecule has 1 aromatic carbocycles. The van der Waals surface area contributed by atoms with Crippen LogP contribution in [0.4, 0.5) is 13.2 Å². The molecular weight excluding hydrogens is 219 g/mol. The zero-order valence-corrected chi connectivity index (χ0v) is 8.93. The summed E-state index contributed by atoms with van der Waals surface area (Å²) in [6, 6.07) is 4.18. The van der Waals surface area contributed by atoms with Gasteiger partial charge in [0.25, 0.3) is 5.92 Å². The third-order valence-electron chi connectivity index (χ3n) is 2.24. The van der Waals surface area contributed by atoms with E-state index in [-0.39, 0.29) is 12.4 Å². The van der Waals surface area contributed by atoms with E-state index < -0.39 is 19.1 Å². The summed E-state index contributed by atoms with van der Waals surface area (Å²) in [7, 11) is 0. The molecule has 2 N–H and O–H groups in total. The van der Waals surface area contributed by atoms with E-state index >= 15 is 0 Å². The molecule has 0 aromatic heterocycles. The van der Waals surface area contributed by atoms with Crippen LogP contribution in [0, 0.1) is 12.7 Å². The van der Waals surface area contributed by atoms with Crippen molar-refractivity contribution in [3.8, 4) is 0 Å². The molecule has 0 amide bonds. The Labute approximate surface area is 92.1 Å². The van der Waals surface area contributed by atoms with Crippen LogP contribution < -0.4 is 5.32 Å². The molecule has 0 unspecified atom stereocenters. The number of benzene rings is 1. The summed E-state index contributed by atoms with van der Waals surface area (Å²) in [4.78, 5) is 0. The van der Waals surface area contributed by atoms with Crippen LogP contribution in [-0.2, 0) is 6.54 Å². The fraction of sp³-hybridized carbons (Fsp3) is 0.455. The topological polar surface area (TPSA) is 32.3 Å². The zero-order valence-electron chi connectivity index (χ0n) is 8.93. The first-order valence-corrected chi connectivity index (χ1v) is 4.89.